The number of carbonyl (C=O) groups excluding carboxylic acids is 1. The molecule has 0 N–H and O–H groups in total. The van der Waals surface area contributed by atoms with Crippen LogP contribution < -0.4 is 0 Å². The lowest BCUT2D eigenvalue weighted by molar-refractivity contribution is 0.108. The molecule has 2 aromatic rings. The molecule has 0 radical (unpaired) electrons. The van der Waals surface area contributed by atoms with Crippen molar-refractivity contribution in [2.45, 2.75) is 12.8 Å². The molecule has 0 amide bonds. The first-order valence-electron chi connectivity index (χ1n) is 5.43. The van der Waals surface area contributed by atoms with Crippen molar-refractivity contribution in [3.63, 3.8) is 0 Å². The fourth-order valence-electron chi connectivity index (χ4n) is 1.64. The molecule has 2 rings (SSSR count). The van der Waals surface area contributed by atoms with Gasteiger partial charge in [0.2, 0.25) is 0 Å². The van der Waals surface area contributed by atoms with Gasteiger partial charge in [-0.05, 0) is 53.8 Å². The van der Waals surface area contributed by atoms with E-state index in [0.717, 1.165) is 12.8 Å². The Morgan fingerprint density at radius 1 is 1.06 bits per heavy atom. The highest BCUT2D eigenvalue weighted by molar-refractivity contribution is 6.67. The van der Waals surface area contributed by atoms with Crippen LogP contribution in [0.2, 0.25) is 0 Å². The van der Waals surface area contributed by atoms with E-state index in [1.165, 1.54) is 11.1 Å². The minimum absolute atomic E-state index is 0.413. The molecular formula is C14H12ClNO. The second-order valence-electron chi connectivity index (χ2n) is 3.83. The highest BCUT2D eigenvalue weighted by atomic mass is 35.5. The van der Waals surface area contributed by atoms with Gasteiger partial charge in [0.25, 0.3) is 5.24 Å². The van der Waals surface area contributed by atoms with E-state index in [4.69, 9.17) is 11.6 Å². The van der Waals surface area contributed by atoms with Gasteiger partial charge in [-0.1, -0.05) is 18.2 Å². The maximum absolute atomic E-state index is 10.9. The zero-order valence-electron chi connectivity index (χ0n) is 9.27. The quantitative estimate of drug-likeness (QED) is 0.774. The van der Waals surface area contributed by atoms with Gasteiger partial charge in [0.1, 0.15) is 0 Å². The minimum atomic E-state index is -0.413. The minimum Gasteiger partial charge on any atom is -0.276 e. The van der Waals surface area contributed by atoms with Gasteiger partial charge in [0.15, 0.2) is 0 Å². The molecule has 1 aromatic heterocycles. The highest BCUT2D eigenvalue weighted by Gasteiger charge is 2.01. The van der Waals surface area contributed by atoms with Gasteiger partial charge in [-0.25, -0.2) is 0 Å². The molecule has 0 saturated heterocycles. The maximum atomic E-state index is 10.9. The van der Waals surface area contributed by atoms with Crippen LogP contribution >= 0.6 is 11.6 Å². The SMILES string of the molecule is O=C(Cl)c1ccc(CCc2cccnc2)cc1. The Bertz CT molecular complexity index is 493. The molecule has 0 bridgehead atoms. The molecule has 0 aliphatic carbocycles. The van der Waals surface area contributed by atoms with Gasteiger partial charge in [-0.3, -0.25) is 9.78 Å². The topological polar surface area (TPSA) is 30.0 Å². The van der Waals surface area contributed by atoms with Crippen molar-refractivity contribution in [3.8, 4) is 0 Å². The number of hydrogen-bond acceptors (Lipinski definition) is 2. The summed E-state index contributed by atoms with van der Waals surface area (Å²) in [6.45, 7) is 0. The third-order valence-corrected chi connectivity index (χ3v) is 2.82. The number of benzene rings is 1. The number of halogens is 1. The first-order valence-corrected chi connectivity index (χ1v) is 5.81. The van der Waals surface area contributed by atoms with Crippen molar-refractivity contribution < 1.29 is 4.79 Å². The summed E-state index contributed by atoms with van der Waals surface area (Å²) in [5.74, 6) is 0. The Labute approximate surface area is 105 Å². The molecule has 0 saturated carbocycles. The zero-order chi connectivity index (χ0) is 12.1. The van der Waals surface area contributed by atoms with Gasteiger partial charge in [-0.15, -0.1) is 0 Å². The van der Waals surface area contributed by atoms with E-state index in [2.05, 4.69) is 11.1 Å². The molecule has 0 aliphatic heterocycles. The van der Waals surface area contributed by atoms with Crippen LogP contribution in [0.5, 0.6) is 0 Å². The van der Waals surface area contributed by atoms with E-state index < -0.39 is 5.24 Å². The number of aryl methyl sites for hydroxylation is 2. The second-order valence-corrected chi connectivity index (χ2v) is 4.18. The molecule has 3 heteroatoms. The predicted octanol–water partition coefficient (Wildman–Crippen LogP) is 3.25. The lowest BCUT2D eigenvalue weighted by Gasteiger charge is -2.02. The largest absolute Gasteiger partial charge is 0.276 e. The molecule has 0 spiro atoms. The van der Waals surface area contributed by atoms with Crippen LogP contribution in [0.25, 0.3) is 0 Å². The van der Waals surface area contributed by atoms with E-state index in [9.17, 15) is 4.79 Å². The Morgan fingerprint density at radius 3 is 2.35 bits per heavy atom. The average Bonchev–Trinajstić information content (AvgIpc) is 2.38. The summed E-state index contributed by atoms with van der Waals surface area (Å²) in [6.07, 6.45) is 5.52. The predicted molar refractivity (Wildman–Crippen MR) is 68.3 cm³/mol. The summed E-state index contributed by atoms with van der Waals surface area (Å²) < 4.78 is 0. The van der Waals surface area contributed by atoms with Crippen molar-refractivity contribution in [1.82, 2.24) is 4.98 Å². The summed E-state index contributed by atoms with van der Waals surface area (Å²) in [5, 5.41) is -0.413. The molecule has 1 heterocycles. The van der Waals surface area contributed by atoms with E-state index >= 15 is 0 Å². The normalized spacial score (nSPS) is 10.2. The summed E-state index contributed by atoms with van der Waals surface area (Å²) >= 11 is 5.38. The highest BCUT2D eigenvalue weighted by Crippen LogP contribution is 2.10. The van der Waals surface area contributed by atoms with Crippen molar-refractivity contribution in [2.24, 2.45) is 0 Å². The van der Waals surface area contributed by atoms with Crippen molar-refractivity contribution in [1.29, 1.82) is 0 Å². The van der Waals surface area contributed by atoms with Crippen LogP contribution in [0, 0.1) is 0 Å². The lowest BCUT2D eigenvalue weighted by atomic mass is 10.0. The van der Waals surface area contributed by atoms with Crippen LogP contribution in [0.3, 0.4) is 0 Å². The van der Waals surface area contributed by atoms with Crippen LogP contribution in [-0.4, -0.2) is 10.2 Å². The summed E-state index contributed by atoms with van der Waals surface area (Å²) in [4.78, 5) is 15.0. The second kappa shape index (κ2) is 5.60. The molecule has 86 valence electrons. The molecule has 0 atom stereocenters. The molecule has 0 unspecified atom stereocenters. The summed E-state index contributed by atoms with van der Waals surface area (Å²) in [7, 11) is 0. The van der Waals surface area contributed by atoms with E-state index in [0.29, 0.717) is 5.56 Å². The monoisotopic (exact) mass is 245 g/mol. The first-order chi connectivity index (χ1) is 8.25. The van der Waals surface area contributed by atoms with Crippen LogP contribution in [0.15, 0.2) is 48.8 Å². The van der Waals surface area contributed by atoms with Crippen molar-refractivity contribution in [2.75, 3.05) is 0 Å². The van der Waals surface area contributed by atoms with E-state index in [-0.39, 0.29) is 0 Å². The fraction of sp³-hybridized carbons (Fsp3) is 0.143. The molecule has 0 aliphatic rings. The number of carbonyl (C=O) groups is 1. The van der Waals surface area contributed by atoms with E-state index in [1.807, 2.05) is 24.4 Å². The Hall–Kier alpha value is -1.67. The van der Waals surface area contributed by atoms with Crippen LogP contribution in [-0.2, 0) is 12.8 Å². The third kappa shape index (κ3) is 3.40. The first kappa shape index (κ1) is 11.8. The van der Waals surface area contributed by atoms with Crippen LogP contribution in [0.1, 0.15) is 21.5 Å². The summed E-state index contributed by atoms with van der Waals surface area (Å²) in [6, 6.07) is 11.4. The van der Waals surface area contributed by atoms with Crippen molar-refractivity contribution >= 4 is 16.8 Å². The summed E-state index contributed by atoms with van der Waals surface area (Å²) in [5.41, 5.74) is 2.94. The van der Waals surface area contributed by atoms with E-state index in [1.54, 1.807) is 18.3 Å². The number of hydrogen-bond donors (Lipinski definition) is 0. The van der Waals surface area contributed by atoms with Crippen LogP contribution in [0.4, 0.5) is 0 Å². The third-order valence-electron chi connectivity index (χ3n) is 2.61. The molecule has 2 nitrogen and oxygen atoms in total. The standard InChI is InChI=1S/C14H12ClNO/c15-14(17)13-7-5-11(6-8-13)3-4-12-2-1-9-16-10-12/h1-2,5-10H,3-4H2. The molecule has 17 heavy (non-hydrogen) atoms. The number of aromatic nitrogens is 1. The van der Waals surface area contributed by atoms with Gasteiger partial charge in [-0.2, -0.15) is 0 Å². The maximum Gasteiger partial charge on any atom is 0.252 e. The molecular weight excluding hydrogens is 234 g/mol. The number of nitrogens with zero attached hydrogens (tertiary/aromatic N) is 1. The number of pyridine rings is 1. The number of rotatable bonds is 4. The Morgan fingerprint density at radius 2 is 1.76 bits per heavy atom. The van der Waals surface area contributed by atoms with Gasteiger partial charge in [0.05, 0.1) is 0 Å². The average molecular weight is 246 g/mol. The Kier molecular flexibility index (Phi) is 3.89. The Balaban J connectivity index is 1.98. The lowest BCUT2D eigenvalue weighted by Crippen LogP contribution is -1.93. The van der Waals surface area contributed by atoms with Gasteiger partial charge < -0.3 is 0 Å². The van der Waals surface area contributed by atoms with Gasteiger partial charge in [0, 0.05) is 18.0 Å². The fourth-order valence-corrected chi connectivity index (χ4v) is 1.76. The molecule has 0 fully saturated rings. The molecule has 1 aromatic carbocycles. The van der Waals surface area contributed by atoms with Crippen molar-refractivity contribution in [3.05, 3.63) is 65.5 Å². The van der Waals surface area contributed by atoms with Gasteiger partial charge >= 0.3 is 0 Å². The zero-order valence-corrected chi connectivity index (χ0v) is 10.0. The smallest absolute Gasteiger partial charge is 0.252 e.